The standard InChI is InChI=1S/C7H10ClN3OS/c1-7(2,3-8)5(12)11-6-9-4-10-13-6/h4H,3H2,1-2H3,(H,9,10,11,12). The molecule has 4 nitrogen and oxygen atoms in total. The zero-order chi connectivity index (χ0) is 9.90. The van der Waals surface area contributed by atoms with Crippen molar-refractivity contribution in [3.63, 3.8) is 0 Å². The number of halogens is 1. The van der Waals surface area contributed by atoms with Crippen LogP contribution in [-0.2, 0) is 4.79 Å². The number of carbonyl (C=O) groups is 1. The van der Waals surface area contributed by atoms with Gasteiger partial charge >= 0.3 is 0 Å². The number of amides is 1. The summed E-state index contributed by atoms with van der Waals surface area (Å²) in [5, 5.41) is 3.14. The van der Waals surface area contributed by atoms with Crippen molar-refractivity contribution in [3.05, 3.63) is 6.33 Å². The topological polar surface area (TPSA) is 54.9 Å². The van der Waals surface area contributed by atoms with E-state index in [0.717, 1.165) is 11.5 Å². The molecule has 72 valence electrons. The van der Waals surface area contributed by atoms with Crippen LogP contribution in [0.15, 0.2) is 6.33 Å². The normalized spacial score (nSPS) is 11.3. The number of aromatic nitrogens is 2. The fraction of sp³-hybridized carbons (Fsp3) is 0.571. The Labute approximate surface area is 85.5 Å². The maximum atomic E-state index is 11.5. The second kappa shape index (κ2) is 4.02. The monoisotopic (exact) mass is 219 g/mol. The summed E-state index contributed by atoms with van der Waals surface area (Å²) in [6.45, 7) is 3.55. The molecule has 13 heavy (non-hydrogen) atoms. The third kappa shape index (κ3) is 2.63. The van der Waals surface area contributed by atoms with Crippen molar-refractivity contribution in [2.75, 3.05) is 11.2 Å². The van der Waals surface area contributed by atoms with Gasteiger partial charge in [0, 0.05) is 17.4 Å². The number of nitrogens with one attached hydrogen (secondary N) is 1. The molecule has 1 N–H and O–H groups in total. The number of rotatable bonds is 3. The first-order valence-corrected chi connectivity index (χ1v) is 5.01. The summed E-state index contributed by atoms with van der Waals surface area (Å²) in [6, 6.07) is 0. The van der Waals surface area contributed by atoms with Crippen molar-refractivity contribution in [1.82, 2.24) is 9.36 Å². The fourth-order valence-electron chi connectivity index (χ4n) is 0.555. The van der Waals surface area contributed by atoms with Gasteiger partial charge in [0.15, 0.2) is 0 Å². The molecule has 6 heteroatoms. The number of alkyl halides is 1. The van der Waals surface area contributed by atoms with Crippen LogP contribution in [-0.4, -0.2) is 21.1 Å². The van der Waals surface area contributed by atoms with Gasteiger partial charge in [-0.15, -0.1) is 11.6 Å². The zero-order valence-electron chi connectivity index (χ0n) is 7.37. The molecule has 1 aromatic heterocycles. The van der Waals surface area contributed by atoms with Crippen molar-refractivity contribution >= 4 is 34.2 Å². The van der Waals surface area contributed by atoms with Gasteiger partial charge in [0.05, 0.1) is 5.41 Å². The third-order valence-corrected chi connectivity index (χ3v) is 2.78. The highest BCUT2D eigenvalue weighted by atomic mass is 35.5. The summed E-state index contributed by atoms with van der Waals surface area (Å²) in [4.78, 5) is 15.3. The quantitative estimate of drug-likeness (QED) is 0.788. The van der Waals surface area contributed by atoms with Gasteiger partial charge in [-0.3, -0.25) is 4.79 Å². The van der Waals surface area contributed by atoms with Crippen LogP contribution in [0.4, 0.5) is 5.13 Å². The van der Waals surface area contributed by atoms with E-state index in [1.54, 1.807) is 13.8 Å². The lowest BCUT2D eigenvalue weighted by molar-refractivity contribution is -0.122. The van der Waals surface area contributed by atoms with Crippen LogP contribution in [0.5, 0.6) is 0 Å². The SMILES string of the molecule is CC(C)(CCl)C(=O)Nc1ncns1. The number of hydrogen-bond donors (Lipinski definition) is 1. The van der Waals surface area contributed by atoms with Crippen LogP contribution in [0.1, 0.15) is 13.8 Å². The predicted molar refractivity (Wildman–Crippen MR) is 53.0 cm³/mol. The highest BCUT2D eigenvalue weighted by Gasteiger charge is 2.26. The van der Waals surface area contributed by atoms with Gasteiger partial charge in [0.25, 0.3) is 0 Å². The Morgan fingerprint density at radius 3 is 2.92 bits per heavy atom. The van der Waals surface area contributed by atoms with Crippen LogP contribution < -0.4 is 5.32 Å². The lowest BCUT2D eigenvalue weighted by Gasteiger charge is -2.18. The van der Waals surface area contributed by atoms with Gasteiger partial charge in [0.2, 0.25) is 11.0 Å². The molecule has 1 amide bonds. The van der Waals surface area contributed by atoms with Crippen molar-refractivity contribution < 1.29 is 4.79 Å². The molecule has 0 aromatic carbocycles. The molecule has 1 rings (SSSR count). The second-order valence-corrected chi connectivity index (χ2v) is 4.27. The number of nitrogens with zero attached hydrogens (tertiary/aromatic N) is 2. The highest BCUT2D eigenvalue weighted by molar-refractivity contribution is 7.09. The van der Waals surface area contributed by atoms with Crippen LogP contribution >= 0.6 is 23.1 Å². The fourth-order valence-corrected chi connectivity index (χ4v) is 1.10. The summed E-state index contributed by atoms with van der Waals surface area (Å²) >= 11 is 6.78. The Morgan fingerprint density at radius 1 is 1.77 bits per heavy atom. The first-order valence-electron chi connectivity index (χ1n) is 3.70. The molecule has 1 heterocycles. The largest absolute Gasteiger partial charge is 0.300 e. The minimum absolute atomic E-state index is 0.140. The molecule has 0 saturated heterocycles. The molecule has 0 fully saturated rings. The molecule has 0 unspecified atom stereocenters. The van der Waals surface area contributed by atoms with E-state index < -0.39 is 5.41 Å². The zero-order valence-corrected chi connectivity index (χ0v) is 8.95. The summed E-state index contributed by atoms with van der Waals surface area (Å²) in [5.74, 6) is 0.136. The van der Waals surface area contributed by atoms with E-state index >= 15 is 0 Å². The van der Waals surface area contributed by atoms with Crippen molar-refractivity contribution in [3.8, 4) is 0 Å². The summed E-state index contributed by atoms with van der Waals surface area (Å²) in [6.07, 6.45) is 1.40. The first kappa shape index (κ1) is 10.4. The van der Waals surface area contributed by atoms with Gasteiger partial charge < -0.3 is 5.32 Å². The highest BCUT2D eigenvalue weighted by Crippen LogP contribution is 2.20. The molecule has 1 aromatic rings. The maximum absolute atomic E-state index is 11.5. The minimum Gasteiger partial charge on any atom is -0.300 e. The van der Waals surface area contributed by atoms with Gasteiger partial charge in [-0.1, -0.05) is 0 Å². The first-order chi connectivity index (χ1) is 6.06. The lowest BCUT2D eigenvalue weighted by Crippen LogP contribution is -2.32. The molecule has 0 atom stereocenters. The van der Waals surface area contributed by atoms with E-state index in [1.165, 1.54) is 6.33 Å². The van der Waals surface area contributed by atoms with Crippen LogP contribution in [0, 0.1) is 5.41 Å². The van der Waals surface area contributed by atoms with Crippen LogP contribution in [0.2, 0.25) is 0 Å². The molecular weight excluding hydrogens is 210 g/mol. The Hall–Kier alpha value is -0.680. The smallest absolute Gasteiger partial charge is 0.233 e. The van der Waals surface area contributed by atoms with Crippen LogP contribution in [0.25, 0.3) is 0 Å². The number of carbonyl (C=O) groups excluding carboxylic acids is 1. The van der Waals surface area contributed by atoms with Gasteiger partial charge in [-0.2, -0.15) is 4.37 Å². The Bertz CT molecular complexity index is 286. The molecular formula is C7H10ClN3OS. The Morgan fingerprint density at radius 2 is 2.46 bits per heavy atom. The third-order valence-electron chi connectivity index (χ3n) is 1.53. The van der Waals surface area contributed by atoms with E-state index in [0.29, 0.717) is 5.13 Å². The van der Waals surface area contributed by atoms with E-state index in [4.69, 9.17) is 11.6 Å². The molecule has 0 aliphatic heterocycles. The van der Waals surface area contributed by atoms with Crippen LogP contribution in [0.3, 0.4) is 0 Å². The maximum Gasteiger partial charge on any atom is 0.233 e. The molecule has 0 bridgehead atoms. The predicted octanol–water partition coefficient (Wildman–Crippen LogP) is 1.74. The van der Waals surface area contributed by atoms with E-state index in [2.05, 4.69) is 14.7 Å². The molecule has 0 aliphatic carbocycles. The van der Waals surface area contributed by atoms with Crippen molar-refractivity contribution in [1.29, 1.82) is 0 Å². The second-order valence-electron chi connectivity index (χ2n) is 3.22. The van der Waals surface area contributed by atoms with Gasteiger partial charge in [0.1, 0.15) is 6.33 Å². The van der Waals surface area contributed by atoms with E-state index in [1.807, 2.05) is 0 Å². The Kier molecular flexibility index (Phi) is 3.22. The lowest BCUT2D eigenvalue weighted by atomic mass is 9.95. The molecule has 0 radical (unpaired) electrons. The summed E-state index contributed by atoms with van der Waals surface area (Å²) < 4.78 is 3.77. The molecule has 0 aliphatic rings. The number of hydrogen-bond acceptors (Lipinski definition) is 4. The molecule has 0 spiro atoms. The van der Waals surface area contributed by atoms with Gasteiger partial charge in [-0.05, 0) is 13.8 Å². The minimum atomic E-state index is -0.576. The summed E-state index contributed by atoms with van der Waals surface area (Å²) in [5.41, 5.74) is -0.576. The van der Waals surface area contributed by atoms with E-state index in [9.17, 15) is 4.79 Å². The van der Waals surface area contributed by atoms with Crippen molar-refractivity contribution in [2.45, 2.75) is 13.8 Å². The average Bonchev–Trinajstić information content (AvgIpc) is 2.57. The number of anilines is 1. The molecule has 0 saturated carbocycles. The van der Waals surface area contributed by atoms with E-state index in [-0.39, 0.29) is 11.8 Å². The Balaban J connectivity index is 2.61. The van der Waals surface area contributed by atoms with Crippen molar-refractivity contribution in [2.24, 2.45) is 5.41 Å². The average molecular weight is 220 g/mol. The summed E-state index contributed by atoms with van der Waals surface area (Å²) in [7, 11) is 0. The van der Waals surface area contributed by atoms with Gasteiger partial charge in [-0.25, -0.2) is 4.98 Å².